The van der Waals surface area contributed by atoms with E-state index >= 15 is 0 Å². The standard InChI is InChI=1S/C8H10BrN3O2S2.C7H7ClFN/c1-12-5(4-13)2-6(11-16(12)14)8-10-3-7(9)15-8;1-10-5-2-3-7(9)6(8)4-5/h3-6,11H,2H2,1H3;2-4,10H,1H3. The van der Waals surface area contributed by atoms with Gasteiger partial charge in [-0.15, -0.1) is 11.3 Å². The topological polar surface area (TPSA) is 74.3 Å². The molecule has 0 spiro atoms. The zero-order valence-corrected chi connectivity index (χ0v) is 17.9. The maximum absolute atomic E-state index is 12.5. The van der Waals surface area contributed by atoms with Crippen LogP contribution in [0, 0.1) is 5.82 Å². The number of hydrogen-bond donors (Lipinski definition) is 2. The number of thiazole rings is 1. The Hall–Kier alpha value is -0.910. The van der Waals surface area contributed by atoms with E-state index in [2.05, 4.69) is 31.0 Å². The normalized spacial score (nSPS) is 23.0. The van der Waals surface area contributed by atoms with E-state index in [9.17, 15) is 13.4 Å². The lowest BCUT2D eigenvalue weighted by Crippen LogP contribution is -2.48. The second-order valence-corrected chi connectivity index (χ2v) is 9.45. The molecular weight excluding hydrogens is 467 g/mol. The Kier molecular flexibility index (Phi) is 8.11. The van der Waals surface area contributed by atoms with E-state index in [0.29, 0.717) is 6.42 Å². The minimum Gasteiger partial charge on any atom is -0.388 e. The summed E-state index contributed by atoms with van der Waals surface area (Å²) in [5.41, 5.74) is 0.811. The van der Waals surface area contributed by atoms with Crippen LogP contribution in [0.3, 0.4) is 0 Å². The van der Waals surface area contributed by atoms with Gasteiger partial charge in [0.2, 0.25) is 0 Å². The number of rotatable bonds is 3. The van der Waals surface area contributed by atoms with E-state index in [1.807, 2.05) is 0 Å². The van der Waals surface area contributed by atoms with Gasteiger partial charge in [-0.2, -0.15) is 0 Å². The third kappa shape index (κ3) is 5.54. The molecule has 3 atom stereocenters. The Labute approximate surface area is 171 Å². The highest BCUT2D eigenvalue weighted by molar-refractivity contribution is 9.11. The van der Waals surface area contributed by atoms with Gasteiger partial charge in [0, 0.05) is 19.8 Å². The Bertz CT molecular complexity index is 795. The van der Waals surface area contributed by atoms with E-state index in [0.717, 1.165) is 20.8 Å². The smallest absolute Gasteiger partial charge is 0.171 e. The molecule has 0 radical (unpaired) electrons. The second-order valence-electron chi connectivity index (χ2n) is 5.29. The lowest BCUT2D eigenvalue weighted by atomic mass is 10.1. The largest absolute Gasteiger partial charge is 0.388 e. The molecule has 2 N–H and O–H groups in total. The van der Waals surface area contributed by atoms with Crippen LogP contribution < -0.4 is 10.0 Å². The number of hydrogen-bond acceptors (Lipinski definition) is 5. The number of nitrogens with zero attached hydrogens (tertiary/aromatic N) is 2. The van der Waals surface area contributed by atoms with Crippen LogP contribution in [0.2, 0.25) is 5.02 Å². The van der Waals surface area contributed by atoms with Crippen molar-refractivity contribution in [3.05, 3.63) is 44.0 Å². The molecule has 0 bridgehead atoms. The fraction of sp³-hybridized carbons (Fsp3) is 0.333. The minimum absolute atomic E-state index is 0.122. The summed E-state index contributed by atoms with van der Waals surface area (Å²) in [5, 5.41) is 3.84. The van der Waals surface area contributed by atoms with Gasteiger partial charge in [0.05, 0.1) is 27.1 Å². The molecule has 142 valence electrons. The number of likely N-dealkylation sites (N-methyl/N-ethyl adjacent to an activating group) is 1. The van der Waals surface area contributed by atoms with E-state index in [-0.39, 0.29) is 22.9 Å². The predicted octanol–water partition coefficient (Wildman–Crippen LogP) is 3.54. The van der Waals surface area contributed by atoms with Gasteiger partial charge >= 0.3 is 0 Å². The van der Waals surface area contributed by atoms with Crippen LogP contribution in [0.25, 0.3) is 0 Å². The van der Waals surface area contributed by atoms with E-state index in [4.69, 9.17) is 11.6 Å². The molecule has 1 saturated heterocycles. The van der Waals surface area contributed by atoms with Crippen molar-refractivity contribution < 1.29 is 13.4 Å². The lowest BCUT2D eigenvalue weighted by molar-refractivity contribution is -0.111. The monoisotopic (exact) mass is 482 g/mol. The van der Waals surface area contributed by atoms with Crippen molar-refractivity contribution in [2.45, 2.75) is 18.5 Å². The summed E-state index contributed by atoms with van der Waals surface area (Å²) in [6.45, 7) is 0. The van der Waals surface area contributed by atoms with Crippen molar-refractivity contribution in [1.29, 1.82) is 0 Å². The van der Waals surface area contributed by atoms with Gasteiger partial charge in [-0.25, -0.2) is 22.6 Å². The first-order chi connectivity index (χ1) is 12.3. The third-order valence-corrected chi connectivity index (χ3v) is 6.77. The molecule has 0 aliphatic carbocycles. The highest BCUT2D eigenvalue weighted by Crippen LogP contribution is 2.30. The van der Waals surface area contributed by atoms with Gasteiger partial charge in [0.15, 0.2) is 11.2 Å². The Morgan fingerprint density at radius 3 is 2.85 bits per heavy atom. The number of aldehydes is 1. The van der Waals surface area contributed by atoms with Crippen LogP contribution in [0.5, 0.6) is 0 Å². The molecule has 3 unspecified atom stereocenters. The fourth-order valence-electron chi connectivity index (χ4n) is 2.14. The number of carbonyl (C=O) groups excluding carboxylic acids is 1. The number of nitrogens with one attached hydrogen (secondary N) is 2. The van der Waals surface area contributed by atoms with Crippen LogP contribution in [-0.4, -0.2) is 39.9 Å². The summed E-state index contributed by atoms with van der Waals surface area (Å²) in [6, 6.07) is 4.05. The molecule has 2 heterocycles. The molecule has 0 saturated carbocycles. The SMILES string of the molecule is CN1C(C=O)CC(c2ncc(Br)s2)NS1=O.CNc1ccc(F)c(Cl)c1. The molecule has 2 aromatic rings. The van der Waals surface area contributed by atoms with Gasteiger partial charge in [-0.1, -0.05) is 11.6 Å². The molecule has 3 rings (SSSR count). The average molecular weight is 484 g/mol. The molecule has 1 aromatic carbocycles. The molecule has 11 heteroatoms. The van der Waals surface area contributed by atoms with Crippen molar-refractivity contribution in [1.82, 2.24) is 14.0 Å². The number of aromatic nitrogens is 1. The van der Waals surface area contributed by atoms with E-state index in [1.54, 1.807) is 26.4 Å². The van der Waals surface area contributed by atoms with Crippen molar-refractivity contribution >= 4 is 62.0 Å². The molecule has 6 nitrogen and oxygen atoms in total. The summed E-state index contributed by atoms with van der Waals surface area (Å²) in [7, 11) is 3.42. The van der Waals surface area contributed by atoms with Gasteiger partial charge in [0.1, 0.15) is 17.1 Å². The lowest BCUT2D eigenvalue weighted by Gasteiger charge is -2.32. The summed E-state index contributed by atoms with van der Waals surface area (Å²) < 4.78 is 29.5. The fourth-order valence-corrected chi connectivity index (χ4v) is 4.70. The third-order valence-electron chi connectivity index (χ3n) is 3.61. The van der Waals surface area contributed by atoms with Crippen LogP contribution in [0.4, 0.5) is 10.1 Å². The highest BCUT2D eigenvalue weighted by Gasteiger charge is 2.32. The summed E-state index contributed by atoms with van der Waals surface area (Å²) in [4.78, 5) is 15.1. The predicted molar refractivity (Wildman–Crippen MR) is 107 cm³/mol. The molecule has 1 aliphatic rings. The molecular formula is C15H17BrClFN4O2S2. The second kappa shape index (κ2) is 9.86. The zero-order chi connectivity index (χ0) is 19.3. The van der Waals surface area contributed by atoms with Crippen molar-refractivity contribution in [3.63, 3.8) is 0 Å². The molecule has 0 amide bonds. The number of halogens is 3. The summed E-state index contributed by atoms with van der Waals surface area (Å²) in [5.74, 6) is -0.388. The Morgan fingerprint density at radius 2 is 2.31 bits per heavy atom. The van der Waals surface area contributed by atoms with Crippen LogP contribution in [-0.2, 0) is 16.0 Å². The maximum atomic E-state index is 12.5. The van der Waals surface area contributed by atoms with Gasteiger partial charge < -0.3 is 10.1 Å². The molecule has 1 aromatic heterocycles. The number of anilines is 1. The van der Waals surface area contributed by atoms with Crippen LogP contribution >= 0.6 is 38.9 Å². The number of carbonyl (C=O) groups is 1. The van der Waals surface area contributed by atoms with Crippen molar-refractivity contribution in [2.75, 3.05) is 19.4 Å². The maximum Gasteiger partial charge on any atom is 0.171 e. The van der Waals surface area contributed by atoms with Crippen LogP contribution in [0.1, 0.15) is 17.5 Å². The van der Waals surface area contributed by atoms with Gasteiger partial charge in [0.25, 0.3) is 0 Å². The number of benzene rings is 1. The van der Waals surface area contributed by atoms with Gasteiger partial charge in [-0.3, -0.25) is 0 Å². The first kappa shape index (κ1) is 21.4. The van der Waals surface area contributed by atoms with Crippen LogP contribution in [0.15, 0.2) is 28.2 Å². The first-order valence-corrected chi connectivity index (χ1v) is 10.5. The Morgan fingerprint density at radius 1 is 1.58 bits per heavy atom. The first-order valence-electron chi connectivity index (χ1n) is 7.46. The highest BCUT2D eigenvalue weighted by atomic mass is 79.9. The molecule has 26 heavy (non-hydrogen) atoms. The average Bonchev–Trinajstić information content (AvgIpc) is 3.06. The minimum atomic E-state index is -1.33. The Balaban J connectivity index is 0.000000209. The summed E-state index contributed by atoms with van der Waals surface area (Å²) in [6.07, 6.45) is 3.12. The van der Waals surface area contributed by atoms with Crippen molar-refractivity contribution in [3.8, 4) is 0 Å². The quantitative estimate of drug-likeness (QED) is 0.655. The van der Waals surface area contributed by atoms with Crippen molar-refractivity contribution in [2.24, 2.45) is 0 Å². The van der Waals surface area contributed by atoms with Gasteiger partial charge in [-0.05, 0) is 40.5 Å². The molecule has 1 fully saturated rings. The molecule has 1 aliphatic heterocycles. The zero-order valence-electron chi connectivity index (χ0n) is 13.9. The summed E-state index contributed by atoms with van der Waals surface area (Å²) >= 11 is 8.96. The van der Waals surface area contributed by atoms with E-state index in [1.165, 1.54) is 27.8 Å². The van der Waals surface area contributed by atoms with E-state index < -0.39 is 11.2 Å².